The molecule has 3 aromatic rings. The lowest BCUT2D eigenvalue weighted by Crippen LogP contribution is -2.29. The summed E-state index contributed by atoms with van der Waals surface area (Å²) in [5.74, 6) is -2.44. The van der Waals surface area contributed by atoms with E-state index in [-0.39, 0.29) is 29.2 Å². The van der Waals surface area contributed by atoms with E-state index in [9.17, 15) is 24.2 Å². The molecule has 2 heterocycles. The summed E-state index contributed by atoms with van der Waals surface area (Å²) >= 11 is 0. The van der Waals surface area contributed by atoms with Crippen LogP contribution in [0.3, 0.4) is 0 Å². The van der Waals surface area contributed by atoms with E-state index in [0.717, 1.165) is 12.1 Å². The number of aliphatic hydroxyl groups is 1. The van der Waals surface area contributed by atoms with Gasteiger partial charge in [0.1, 0.15) is 17.3 Å². The first kappa shape index (κ1) is 19.3. The Bertz CT molecular complexity index is 1130. The Morgan fingerprint density at radius 3 is 2.37 bits per heavy atom. The summed E-state index contributed by atoms with van der Waals surface area (Å²) in [7, 11) is 0. The van der Waals surface area contributed by atoms with E-state index in [1.165, 1.54) is 29.2 Å². The van der Waals surface area contributed by atoms with Gasteiger partial charge in [-0.2, -0.15) is 0 Å². The molecule has 150 valence electrons. The Labute approximate surface area is 171 Å². The molecule has 2 aromatic carbocycles. The molecule has 1 atom stereocenters. The van der Waals surface area contributed by atoms with Crippen molar-refractivity contribution in [3.63, 3.8) is 0 Å². The van der Waals surface area contributed by atoms with Crippen molar-refractivity contribution in [1.82, 2.24) is 9.88 Å². The average Bonchev–Trinajstić information content (AvgIpc) is 3.00. The Hall–Kier alpha value is -4.00. The number of aliphatic hydroxyl groups excluding tert-OH is 1. The molecule has 0 spiro atoms. The zero-order chi connectivity index (χ0) is 21.3. The maximum Gasteiger partial charge on any atom is 0.295 e. The van der Waals surface area contributed by atoms with E-state index in [4.69, 9.17) is 0 Å². The lowest BCUT2D eigenvalue weighted by atomic mass is 9.95. The Balaban J connectivity index is 1.85. The molecule has 1 aliphatic heterocycles. The number of aromatic hydroxyl groups is 1. The maximum atomic E-state index is 13.3. The number of hydrogen-bond donors (Lipinski definition) is 2. The van der Waals surface area contributed by atoms with Crippen LogP contribution in [0.1, 0.15) is 22.7 Å². The number of pyridine rings is 1. The predicted octanol–water partition coefficient (Wildman–Crippen LogP) is 3.55. The van der Waals surface area contributed by atoms with Crippen LogP contribution in [0.5, 0.6) is 5.75 Å². The van der Waals surface area contributed by atoms with Crippen molar-refractivity contribution in [2.24, 2.45) is 0 Å². The molecule has 7 heteroatoms. The van der Waals surface area contributed by atoms with Crippen molar-refractivity contribution in [1.29, 1.82) is 0 Å². The van der Waals surface area contributed by atoms with Crippen LogP contribution in [0.25, 0.3) is 5.76 Å². The standard InChI is InChI=1S/C23H17FN2O4/c24-17-7-3-16(4-8-17)21(28)19-20(15-5-9-18(27)10-6-15)26(23(30)22(19)29)13-14-2-1-11-25-12-14/h1-12,20,27-28H,13H2/b21-19+/t20-/m1/s1. The van der Waals surface area contributed by atoms with Crippen LogP contribution in [0, 0.1) is 5.82 Å². The molecule has 1 aliphatic rings. The number of phenols is 1. The van der Waals surface area contributed by atoms with Gasteiger partial charge in [-0.05, 0) is 53.6 Å². The predicted molar refractivity (Wildman–Crippen MR) is 107 cm³/mol. The normalized spacial score (nSPS) is 18.0. The zero-order valence-corrected chi connectivity index (χ0v) is 15.7. The van der Waals surface area contributed by atoms with Crippen molar-refractivity contribution in [3.8, 4) is 5.75 Å². The van der Waals surface area contributed by atoms with Gasteiger partial charge < -0.3 is 15.1 Å². The summed E-state index contributed by atoms with van der Waals surface area (Å²) in [6, 6.07) is 13.7. The number of rotatable bonds is 4. The Morgan fingerprint density at radius 1 is 1.03 bits per heavy atom. The Kier molecular flexibility index (Phi) is 5.02. The van der Waals surface area contributed by atoms with Crippen LogP contribution in [-0.4, -0.2) is 31.8 Å². The van der Waals surface area contributed by atoms with Crippen molar-refractivity contribution in [3.05, 3.63) is 101 Å². The molecule has 0 aliphatic carbocycles. The summed E-state index contributed by atoms with van der Waals surface area (Å²) in [4.78, 5) is 31.1. The number of ketones is 1. The van der Waals surface area contributed by atoms with Gasteiger partial charge in [0.2, 0.25) is 0 Å². The Morgan fingerprint density at radius 2 is 1.73 bits per heavy atom. The van der Waals surface area contributed by atoms with E-state index in [2.05, 4.69) is 4.98 Å². The smallest absolute Gasteiger partial charge is 0.295 e. The van der Waals surface area contributed by atoms with Gasteiger partial charge in [0.25, 0.3) is 11.7 Å². The lowest BCUT2D eigenvalue weighted by Gasteiger charge is -2.25. The number of carbonyl (C=O) groups excluding carboxylic acids is 2. The van der Waals surface area contributed by atoms with Gasteiger partial charge in [0.05, 0.1) is 11.6 Å². The highest BCUT2D eigenvalue weighted by Gasteiger charge is 2.46. The minimum absolute atomic E-state index is 0.0292. The monoisotopic (exact) mass is 404 g/mol. The number of carbonyl (C=O) groups is 2. The summed E-state index contributed by atoms with van der Waals surface area (Å²) in [5.41, 5.74) is 1.38. The molecule has 1 amide bonds. The highest BCUT2D eigenvalue weighted by Crippen LogP contribution is 2.40. The second kappa shape index (κ2) is 7.79. The summed E-state index contributed by atoms with van der Waals surface area (Å²) in [6.07, 6.45) is 3.19. The lowest BCUT2D eigenvalue weighted by molar-refractivity contribution is -0.140. The van der Waals surface area contributed by atoms with E-state index >= 15 is 0 Å². The van der Waals surface area contributed by atoms with Crippen molar-refractivity contribution in [2.45, 2.75) is 12.6 Å². The number of amides is 1. The van der Waals surface area contributed by atoms with Gasteiger partial charge in [-0.25, -0.2) is 4.39 Å². The molecule has 6 nitrogen and oxygen atoms in total. The van der Waals surface area contributed by atoms with Crippen molar-refractivity contribution >= 4 is 17.4 Å². The second-order valence-electron chi connectivity index (χ2n) is 6.89. The molecule has 2 N–H and O–H groups in total. The molecule has 0 bridgehead atoms. The van der Waals surface area contributed by atoms with Crippen LogP contribution in [0.15, 0.2) is 78.6 Å². The summed E-state index contributed by atoms with van der Waals surface area (Å²) < 4.78 is 13.3. The SMILES string of the molecule is O=C1C(=O)N(Cc2cccnc2)[C@H](c2ccc(O)cc2)/C1=C(\O)c1ccc(F)cc1. The minimum atomic E-state index is -0.879. The largest absolute Gasteiger partial charge is 0.508 e. The van der Waals surface area contributed by atoms with E-state index < -0.39 is 23.5 Å². The molecule has 0 radical (unpaired) electrons. The molecule has 1 aromatic heterocycles. The molecule has 0 saturated carbocycles. The highest BCUT2D eigenvalue weighted by molar-refractivity contribution is 6.46. The molecule has 30 heavy (non-hydrogen) atoms. The second-order valence-corrected chi connectivity index (χ2v) is 6.89. The number of aromatic nitrogens is 1. The number of Topliss-reactive ketones (excluding diaryl/α,β-unsaturated/α-hetero) is 1. The minimum Gasteiger partial charge on any atom is -0.508 e. The van der Waals surface area contributed by atoms with Gasteiger partial charge in [-0.1, -0.05) is 18.2 Å². The number of halogens is 1. The van der Waals surface area contributed by atoms with Gasteiger partial charge in [-0.3, -0.25) is 14.6 Å². The first-order valence-electron chi connectivity index (χ1n) is 9.18. The molecule has 1 fully saturated rings. The number of nitrogens with zero attached hydrogens (tertiary/aromatic N) is 2. The fourth-order valence-electron chi connectivity index (χ4n) is 3.50. The third-order valence-corrected chi connectivity index (χ3v) is 4.94. The fourth-order valence-corrected chi connectivity index (χ4v) is 3.50. The molecule has 0 unspecified atom stereocenters. The first-order valence-corrected chi connectivity index (χ1v) is 9.18. The van der Waals surface area contributed by atoms with Gasteiger partial charge >= 0.3 is 0 Å². The van der Waals surface area contributed by atoms with Crippen LogP contribution in [0.2, 0.25) is 0 Å². The molecular formula is C23H17FN2O4. The fraction of sp³-hybridized carbons (Fsp3) is 0.0870. The number of benzene rings is 2. The average molecular weight is 404 g/mol. The number of phenolic OH excluding ortho intramolecular Hbond substituents is 1. The summed E-state index contributed by atoms with van der Waals surface area (Å²) in [5, 5.41) is 20.5. The third kappa shape index (κ3) is 3.53. The van der Waals surface area contributed by atoms with E-state index in [0.29, 0.717) is 11.1 Å². The van der Waals surface area contributed by atoms with E-state index in [1.807, 2.05) is 0 Å². The number of hydrogen-bond acceptors (Lipinski definition) is 5. The van der Waals surface area contributed by atoms with Gasteiger partial charge in [0, 0.05) is 24.5 Å². The quantitative estimate of drug-likeness (QED) is 0.394. The van der Waals surface area contributed by atoms with Crippen LogP contribution in [0.4, 0.5) is 4.39 Å². The third-order valence-electron chi connectivity index (χ3n) is 4.94. The molecular weight excluding hydrogens is 387 g/mol. The topological polar surface area (TPSA) is 90.7 Å². The van der Waals surface area contributed by atoms with Gasteiger partial charge in [0.15, 0.2) is 0 Å². The first-order chi connectivity index (χ1) is 14.5. The van der Waals surface area contributed by atoms with Crippen molar-refractivity contribution in [2.75, 3.05) is 0 Å². The van der Waals surface area contributed by atoms with E-state index in [1.54, 1.807) is 36.7 Å². The molecule has 1 saturated heterocycles. The number of likely N-dealkylation sites (tertiary alicyclic amines) is 1. The molecule has 4 rings (SSSR count). The summed E-state index contributed by atoms with van der Waals surface area (Å²) in [6.45, 7) is 0.101. The van der Waals surface area contributed by atoms with Crippen LogP contribution in [-0.2, 0) is 16.1 Å². The maximum absolute atomic E-state index is 13.3. The van der Waals surface area contributed by atoms with Crippen LogP contribution < -0.4 is 0 Å². The highest BCUT2D eigenvalue weighted by atomic mass is 19.1. The van der Waals surface area contributed by atoms with Crippen LogP contribution >= 0.6 is 0 Å². The zero-order valence-electron chi connectivity index (χ0n) is 15.7. The van der Waals surface area contributed by atoms with Crippen molar-refractivity contribution < 1.29 is 24.2 Å². The van der Waals surface area contributed by atoms with Gasteiger partial charge in [-0.15, -0.1) is 0 Å².